The van der Waals surface area contributed by atoms with Crippen molar-refractivity contribution in [3.05, 3.63) is 18.2 Å². The molecule has 0 aliphatic heterocycles. The van der Waals surface area contributed by atoms with Gasteiger partial charge in [0.15, 0.2) is 0 Å². The number of carbonyl (C=O) groups excluding carboxylic acids is 2. The first-order valence-electron chi connectivity index (χ1n) is 27.1. The lowest BCUT2D eigenvalue weighted by Gasteiger charge is -2.23. The molecule has 1 heterocycles. The van der Waals surface area contributed by atoms with Gasteiger partial charge in [0, 0.05) is 43.7 Å². The van der Waals surface area contributed by atoms with E-state index in [1.165, 1.54) is 212 Å². The second-order valence-corrected chi connectivity index (χ2v) is 19.6. The Morgan fingerprint density at radius 1 is 0.633 bits per heavy atom. The van der Waals surface area contributed by atoms with Crippen LogP contribution in [0.3, 0.4) is 0 Å². The Kier molecular flexibility index (Phi) is 39.1. The Morgan fingerprint density at radius 3 is 1.57 bits per heavy atom. The molecule has 4 atom stereocenters. The molecule has 0 saturated heterocycles. The monoisotopic (exact) mass is 840 g/mol. The van der Waals surface area contributed by atoms with Crippen LogP contribution in [0.1, 0.15) is 272 Å². The van der Waals surface area contributed by atoms with Crippen molar-refractivity contribution < 1.29 is 9.59 Å². The highest BCUT2D eigenvalue weighted by molar-refractivity contribution is 5.80. The topological polar surface area (TPSA) is 55.2 Å². The number of aromatic nitrogens is 2. The van der Waals surface area contributed by atoms with Gasteiger partial charge in [0.1, 0.15) is 17.9 Å². The van der Waals surface area contributed by atoms with Gasteiger partial charge < -0.3 is 14.3 Å². The molecule has 1 fully saturated rings. The highest BCUT2D eigenvalue weighted by Gasteiger charge is 2.35. The fourth-order valence-electron chi connectivity index (χ4n) is 9.25. The number of hydrogen-bond donors (Lipinski definition) is 0. The molecule has 1 aromatic heterocycles. The van der Waals surface area contributed by atoms with Crippen LogP contribution < -0.4 is 0 Å². The highest BCUT2D eigenvalue weighted by atomic mass is 16.1. The predicted molar refractivity (Wildman–Crippen MR) is 263 cm³/mol. The Morgan fingerprint density at radius 2 is 1.08 bits per heavy atom. The van der Waals surface area contributed by atoms with Crippen molar-refractivity contribution in [3.63, 3.8) is 0 Å². The van der Waals surface area contributed by atoms with Gasteiger partial charge >= 0.3 is 0 Å². The molecule has 1 saturated carbocycles. The molecule has 1 aliphatic rings. The lowest BCUT2D eigenvalue weighted by Crippen LogP contribution is -2.30. The maximum absolute atomic E-state index is 13.1. The van der Waals surface area contributed by atoms with E-state index in [1.807, 2.05) is 6.20 Å². The largest absolute Gasteiger partial charge is 0.334 e. The molecule has 0 bridgehead atoms. The number of imidazole rings is 1. The van der Waals surface area contributed by atoms with Crippen LogP contribution >= 0.6 is 0 Å². The lowest BCUT2D eigenvalue weighted by molar-refractivity contribution is -0.123. The van der Waals surface area contributed by atoms with E-state index in [2.05, 4.69) is 62.2 Å². The van der Waals surface area contributed by atoms with Crippen LogP contribution in [0.2, 0.25) is 0 Å². The van der Waals surface area contributed by atoms with E-state index < -0.39 is 0 Å². The molecule has 352 valence electrons. The summed E-state index contributed by atoms with van der Waals surface area (Å²) in [5.41, 5.74) is 0. The summed E-state index contributed by atoms with van der Waals surface area (Å²) in [6.45, 7) is 18.1. The molecule has 1 aliphatic carbocycles. The lowest BCUT2D eigenvalue weighted by atomic mass is 9.88. The van der Waals surface area contributed by atoms with Crippen LogP contribution in [0.25, 0.3) is 0 Å². The summed E-state index contributed by atoms with van der Waals surface area (Å²) in [6.07, 6.45) is 52.2. The standard InChI is InChI=1S/C39H71N3O2.C16H34/c1-4-6-8-10-12-18-24-36(23-17-9-7-5-2)39(44)26-20-13-11-15-21-28-41(31-32-42-30-27-40-35(42)3)29-22-16-14-19-25-37-33-38(37)34-43;1-4-6-8-10-11-13-15-16(3)14-12-9-7-5-2/h27,30,34,36-38H,4-26,28-29,31-33H2,1-3H3;16H,4-15H2,1-3H3. The molecular weight excluding hydrogens is 735 g/mol. The van der Waals surface area contributed by atoms with Crippen LogP contribution in [0.15, 0.2) is 12.4 Å². The second-order valence-electron chi connectivity index (χ2n) is 19.6. The van der Waals surface area contributed by atoms with Gasteiger partial charge in [0.2, 0.25) is 0 Å². The summed E-state index contributed by atoms with van der Waals surface area (Å²) in [4.78, 5) is 31.1. The molecule has 0 spiro atoms. The fraction of sp³-hybridized carbons (Fsp3) is 0.909. The molecule has 0 N–H and O–H groups in total. The third-order valence-corrected chi connectivity index (χ3v) is 13.8. The van der Waals surface area contributed by atoms with E-state index in [0.29, 0.717) is 23.5 Å². The van der Waals surface area contributed by atoms with E-state index in [0.717, 1.165) is 63.2 Å². The van der Waals surface area contributed by atoms with Crippen LogP contribution in [0, 0.1) is 30.6 Å². The van der Waals surface area contributed by atoms with Crippen molar-refractivity contribution in [2.24, 2.45) is 23.7 Å². The summed E-state index contributed by atoms with van der Waals surface area (Å²) in [7, 11) is 0. The average molecular weight is 840 g/mol. The Balaban J connectivity index is 0.000000946. The molecule has 1 aromatic rings. The number of unbranched alkanes of at least 4 members (excludes halogenated alkanes) is 23. The third kappa shape index (κ3) is 33.1. The average Bonchev–Trinajstić information content (AvgIpc) is 3.90. The first kappa shape index (κ1) is 56.5. The molecular formula is C55H105N3O2. The zero-order valence-electron chi connectivity index (χ0n) is 41.5. The number of carbonyl (C=O) groups is 2. The van der Waals surface area contributed by atoms with Crippen molar-refractivity contribution in [3.8, 4) is 0 Å². The summed E-state index contributed by atoms with van der Waals surface area (Å²) < 4.78 is 2.27. The quantitative estimate of drug-likeness (QED) is 0.0485. The fourth-order valence-corrected chi connectivity index (χ4v) is 9.25. The summed E-state index contributed by atoms with van der Waals surface area (Å²) in [5, 5.41) is 0. The molecule has 0 amide bonds. The first-order valence-corrected chi connectivity index (χ1v) is 27.1. The van der Waals surface area contributed by atoms with Crippen molar-refractivity contribution in [1.29, 1.82) is 0 Å². The predicted octanol–water partition coefficient (Wildman–Crippen LogP) is 16.9. The van der Waals surface area contributed by atoms with Crippen LogP contribution in [-0.2, 0) is 16.1 Å². The number of Topliss-reactive ketones (excluding diaryl/α,β-unsaturated/α-hetero) is 1. The first-order chi connectivity index (χ1) is 29.4. The van der Waals surface area contributed by atoms with Gasteiger partial charge in [-0.1, -0.05) is 214 Å². The Hall–Kier alpha value is -1.49. The minimum absolute atomic E-state index is 0.327. The number of aryl methyl sites for hydroxylation is 1. The van der Waals surface area contributed by atoms with Crippen molar-refractivity contribution >= 4 is 12.1 Å². The van der Waals surface area contributed by atoms with Crippen molar-refractivity contribution in [2.45, 2.75) is 279 Å². The number of ketones is 1. The molecule has 5 nitrogen and oxygen atoms in total. The summed E-state index contributed by atoms with van der Waals surface area (Å²) >= 11 is 0. The van der Waals surface area contributed by atoms with Crippen molar-refractivity contribution in [2.75, 3.05) is 19.6 Å². The van der Waals surface area contributed by atoms with E-state index >= 15 is 0 Å². The van der Waals surface area contributed by atoms with Gasteiger partial charge in [-0.2, -0.15) is 0 Å². The highest BCUT2D eigenvalue weighted by Crippen LogP contribution is 2.40. The van der Waals surface area contributed by atoms with Crippen LogP contribution in [0.4, 0.5) is 0 Å². The van der Waals surface area contributed by atoms with Gasteiger partial charge in [0.05, 0.1) is 0 Å². The van der Waals surface area contributed by atoms with E-state index in [-0.39, 0.29) is 0 Å². The van der Waals surface area contributed by atoms with E-state index in [1.54, 1.807) is 0 Å². The van der Waals surface area contributed by atoms with E-state index in [4.69, 9.17) is 0 Å². The van der Waals surface area contributed by atoms with Gasteiger partial charge in [-0.05, 0) is 76.8 Å². The van der Waals surface area contributed by atoms with Crippen molar-refractivity contribution in [1.82, 2.24) is 14.5 Å². The smallest absolute Gasteiger partial charge is 0.135 e. The SMILES string of the molecule is CCCCCCCCC(C)CCCCCC.CCCCCCCCC(CCCCCC)C(=O)CCCCCCCN(CCCCCCC1CC1C=O)CCn1ccnc1C. The molecule has 0 aromatic carbocycles. The molecule has 0 radical (unpaired) electrons. The maximum Gasteiger partial charge on any atom is 0.135 e. The van der Waals surface area contributed by atoms with Crippen LogP contribution in [0.5, 0.6) is 0 Å². The van der Waals surface area contributed by atoms with Crippen LogP contribution in [-0.4, -0.2) is 46.2 Å². The summed E-state index contributed by atoms with van der Waals surface area (Å²) in [5.74, 6) is 4.04. The zero-order valence-corrected chi connectivity index (χ0v) is 41.5. The minimum Gasteiger partial charge on any atom is -0.334 e. The maximum atomic E-state index is 13.1. The summed E-state index contributed by atoms with van der Waals surface area (Å²) in [6, 6.07) is 0. The number of aldehydes is 1. The van der Waals surface area contributed by atoms with Gasteiger partial charge in [0.25, 0.3) is 0 Å². The minimum atomic E-state index is 0.327. The van der Waals surface area contributed by atoms with Gasteiger partial charge in [-0.25, -0.2) is 4.98 Å². The zero-order chi connectivity index (χ0) is 43.7. The van der Waals surface area contributed by atoms with Gasteiger partial charge in [-0.15, -0.1) is 0 Å². The number of nitrogens with zero attached hydrogens (tertiary/aromatic N) is 3. The normalized spacial score (nSPS) is 15.8. The molecule has 5 heteroatoms. The number of hydrogen-bond acceptors (Lipinski definition) is 4. The molecule has 2 rings (SSSR count). The Bertz CT molecular complexity index is 1070. The number of rotatable bonds is 44. The molecule has 60 heavy (non-hydrogen) atoms. The second kappa shape index (κ2) is 41.5. The third-order valence-electron chi connectivity index (χ3n) is 13.8. The molecule has 4 unspecified atom stereocenters. The van der Waals surface area contributed by atoms with Gasteiger partial charge in [-0.3, -0.25) is 4.79 Å². The van der Waals surface area contributed by atoms with E-state index in [9.17, 15) is 9.59 Å². The Labute approximate surface area is 375 Å².